The van der Waals surface area contributed by atoms with Crippen LogP contribution in [0.1, 0.15) is 45.1 Å². The van der Waals surface area contributed by atoms with Gasteiger partial charge >= 0.3 is 5.97 Å². The minimum Gasteiger partial charge on any atom is -0.466 e. The van der Waals surface area contributed by atoms with E-state index in [0.717, 1.165) is 55.1 Å². The summed E-state index contributed by atoms with van der Waals surface area (Å²) < 4.78 is 5.15. The molecule has 1 aromatic heterocycles. The van der Waals surface area contributed by atoms with E-state index in [-0.39, 0.29) is 35.9 Å². The van der Waals surface area contributed by atoms with Crippen LogP contribution < -0.4 is 10.6 Å². The summed E-state index contributed by atoms with van der Waals surface area (Å²) in [5.74, 6) is 1.53. The lowest BCUT2D eigenvalue weighted by Gasteiger charge is -2.29. The number of hydrogen-bond donors (Lipinski definition) is 3. The average molecular weight is 526 g/mol. The van der Waals surface area contributed by atoms with E-state index >= 15 is 0 Å². The number of halogens is 1. The van der Waals surface area contributed by atoms with Crippen molar-refractivity contribution < 1.29 is 9.53 Å². The zero-order chi connectivity index (χ0) is 20.5. The van der Waals surface area contributed by atoms with Gasteiger partial charge in [-0.1, -0.05) is 18.2 Å². The molecular weight excluding hydrogens is 495 g/mol. The molecule has 9 heteroatoms. The second-order valence-electron chi connectivity index (χ2n) is 7.17. The molecule has 1 heterocycles. The summed E-state index contributed by atoms with van der Waals surface area (Å²) >= 11 is 0. The fourth-order valence-electron chi connectivity index (χ4n) is 3.58. The molecule has 8 nitrogen and oxygen atoms in total. The van der Waals surface area contributed by atoms with Crippen molar-refractivity contribution in [3.63, 3.8) is 0 Å². The van der Waals surface area contributed by atoms with Crippen LogP contribution in [0.25, 0.3) is 11.4 Å². The van der Waals surface area contributed by atoms with E-state index in [1.54, 1.807) is 0 Å². The van der Waals surface area contributed by atoms with Crippen molar-refractivity contribution in [3.8, 4) is 11.4 Å². The highest BCUT2D eigenvalue weighted by atomic mass is 127. The summed E-state index contributed by atoms with van der Waals surface area (Å²) in [6.45, 7) is 5.72. The highest BCUT2D eigenvalue weighted by Crippen LogP contribution is 2.25. The number of esters is 1. The lowest BCUT2D eigenvalue weighted by atomic mass is 9.86. The van der Waals surface area contributed by atoms with Crippen LogP contribution in [-0.4, -0.2) is 46.3 Å². The van der Waals surface area contributed by atoms with Crippen LogP contribution in [0.3, 0.4) is 0 Å². The first-order valence-corrected chi connectivity index (χ1v) is 10.4. The van der Waals surface area contributed by atoms with Crippen LogP contribution in [0.2, 0.25) is 0 Å². The highest BCUT2D eigenvalue weighted by molar-refractivity contribution is 14.0. The molecule has 1 aliphatic rings. The van der Waals surface area contributed by atoms with E-state index in [1.807, 2.05) is 19.1 Å². The lowest BCUT2D eigenvalue weighted by Crippen LogP contribution is -2.45. The van der Waals surface area contributed by atoms with Crippen molar-refractivity contribution >= 4 is 35.9 Å². The van der Waals surface area contributed by atoms with Crippen molar-refractivity contribution in [1.82, 2.24) is 25.8 Å². The number of benzene rings is 1. The summed E-state index contributed by atoms with van der Waals surface area (Å²) in [6.07, 6.45) is 5.10. The van der Waals surface area contributed by atoms with Gasteiger partial charge in [-0.3, -0.25) is 9.89 Å². The number of aromatic amines is 1. The Kier molecular flexibility index (Phi) is 10.0. The highest BCUT2D eigenvalue weighted by Gasteiger charge is 2.27. The van der Waals surface area contributed by atoms with Gasteiger partial charge in [-0.05, 0) is 51.2 Å². The van der Waals surface area contributed by atoms with E-state index in [1.165, 1.54) is 6.33 Å². The van der Waals surface area contributed by atoms with E-state index in [4.69, 9.17) is 9.73 Å². The Morgan fingerprint density at radius 3 is 2.73 bits per heavy atom. The predicted octanol–water partition coefficient (Wildman–Crippen LogP) is 3.27. The van der Waals surface area contributed by atoms with Crippen molar-refractivity contribution in [2.45, 2.75) is 52.1 Å². The smallest absolute Gasteiger partial charge is 0.308 e. The summed E-state index contributed by atoms with van der Waals surface area (Å²) in [4.78, 5) is 20.9. The number of aromatic nitrogens is 3. The van der Waals surface area contributed by atoms with Gasteiger partial charge in [0.1, 0.15) is 6.33 Å². The van der Waals surface area contributed by atoms with Crippen molar-refractivity contribution in [2.24, 2.45) is 10.9 Å². The molecule has 1 aliphatic carbocycles. The standard InChI is InChI=1S/C21H30N6O2.HI/c1-3-22-21(26-18-10-8-16(9-11-18)20(28)29-4-2)23-13-15-6-5-7-17(12-15)19-24-14-25-27-19;/h5-7,12,14,16,18H,3-4,8-11,13H2,1-2H3,(H2,22,23,26)(H,24,25,27);1H. The number of carbonyl (C=O) groups excluding carboxylic acids is 1. The van der Waals surface area contributed by atoms with Gasteiger partial charge in [0, 0.05) is 18.2 Å². The van der Waals surface area contributed by atoms with Crippen LogP contribution in [0.5, 0.6) is 0 Å². The van der Waals surface area contributed by atoms with Crippen LogP contribution in [0, 0.1) is 5.92 Å². The Labute approximate surface area is 194 Å². The number of guanidine groups is 1. The quantitative estimate of drug-likeness (QED) is 0.222. The van der Waals surface area contributed by atoms with Gasteiger partial charge in [0.2, 0.25) is 0 Å². The monoisotopic (exact) mass is 526 g/mol. The first kappa shape index (κ1) is 24.1. The molecule has 0 spiro atoms. The molecule has 0 amide bonds. The maximum Gasteiger partial charge on any atom is 0.308 e. The number of H-pyrrole nitrogens is 1. The van der Waals surface area contributed by atoms with Crippen molar-refractivity contribution in [3.05, 3.63) is 36.2 Å². The van der Waals surface area contributed by atoms with Gasteiger partial charge in [0.25, 0.3) is 0 Å². The molecule has 1 saturated carbocycles. The molecule has 0 bridgehead atoms. The molecule has 0 aliphatic heterocycles. The normalized spacial score (nSPS) is 18.9. The van der Waals surface area contributed by atoms with Gasteiger partial charge in [-0.2, -0.15) is 5.10 Å². The van der Waals surface area contributed by atoms with Gasteiger partial charge in [0.15, 0.2) is 11.8 Å². The fourth-order valence-corrected chi connectivity index (χ4v) is 3.58. The molecule has 1 fully saturated rings. The lowest BCUT2D eigenvalue weighted by molar-refractivity contribution is -0.149. The number of rotatable bonds is 7. The topological polar surface area (TPSA) is 104 Å². The summed E-state index contributed by atoms with van der Waals surface area (Å²) in [5, 5.41) is 13.6. The fraction of sp³-hybridized carbons (Fsp3) is 0.524. The average Bonchev–Trinajstić information content (AvgIpc) is 3.28. The molecular formula is C21H31IN6O2. The molecule has 0 unspecified atom stereocenters. The maximum atomic E-state index is 11.9. The van der Waals surface area contributed by atoms with E-state index < -0.39 is 0 Å². The minimum atomic E-state index is -0.0573. The first-order chi connectivity index (χ1) is 14.2. The summed E-state index contributed by atoms with van der Waals surface area (Å²) in [7, 11) is 0. The molecule has 0 atom stereocenters. The third-order valence-corrected chi connectivity index (χ3v) is 5.07. The van der Waals surface area contributed by atoms with Crippen molar-refractivity contribution in [2.75, 3.05) is 13.2 Å². The number of ether oxygens (including phenoxy) is 1. The van der Waals surface area contributed by atoms with Crippen LogP contribution >= 0.6 is 24.0 Å². The number of aliphatic imine (C=N–C) groups is 1. The SMILES string of the molecule is CCNC(=NCc1cccc(-c2ncn[nH]2)c1)NC1CCC(C(=O)OCC)CC1.I. The second-order valence-corrected chi connectivity index (χ2v) is 7.17. The van der Waals surface area contributed by atoms with Crippen molar-refractivity contribution in [1.29, 1.82) is 0 Å². The Hall–Kier alpha value is -2.17. The molecule has 1 aromatic carbocycles. The molecule has 30 heavy (non-hydrogen) atoms. The van der Waals surface area contributed by atoms with E-state index in [0.29, 0.717) is 19.2 Å². The first-order valence-electron chi connectivity index (χ1n) is 10.4. The van der Waals surface area contributed by atoms with E-state index in [9.17, 15) is 4.79 Å². The third kappa shape index (κ3) is 6.96. The zero-order valence-corrected chi connectivity index (χ0v) is 19.9. The van der Waals surface area contributed by atoms with Gasteiger partial charge in [-0.15, -0.1) is 24.0 Å². The zero-order valence-electron chi connectivity index (χ0n) is 17.6. The molecule has 3 N–H and O–H groups in total. The van der Waals surface area contributed by atoms with Crippen LogP contribution in [0.15, 0.2) is 35.6 Å². The Morgan fingerprint density at radius 2 is 2.07 bits per heavy atom. The molecule has 164 valence electrons. The van der Waals surface area contributed by atoms with Gasteiger partial charge in [0.05, 0.1) is 19.1 Å². The van der Waals surface area contributed by atoms with E-state index in [2.05, 4.69) is 44.9 Å². The Bertz CT molecular complexity index is 804. The predicted molar refractivity (Wildman–Crippen MR) is 128 cm³/mol. The van der Waals surface area contributed by atoms with Gasteiger partial charge < -0.3 is 15.4 Å². The number of hydrogen-bond acceptors (Lipinski definition) is 5. The largest absolute Gasteiger partial charge is 0.466 e. The van der Waals surface area contributed by atoms with Gasteiger partial charge in [-0.25, -0.2) is 9.98 Å². The van der Waals surface area contributed by atoms with Crippen LogP contribution in [0.4, 0.5) is 0 Å². The molecule has 3 rings (SSSR count). The molecule has 0 saturated heterocycles. The third-order valence-electron chi connectivity index (χ3n) is 5.07. The number of nitrogens with one attached hydrogen (secondary N) is 3. The number of nitrogens with zero attached hydrogens (tertiary/aromatic N) is 3. The Balaban J connectivity index is 0.00000320. The minimum absolute atomic E-state index is 0. The maximum absolute atomic E-state index is 11.9. The summed E-state index contributed by atoms with van der Waals surface area (Å²) in [6, 6.07) is 8.44. The summed E-state index contributed by atoms with van der Waals surface area (Å²) in [5.41, 5.74) is 2.09. The second kappa shape index (κ2) is 12.5. The number of carbonyl (C=O) groups is 1. The molecule has 2 aromatic rings. The molecule has 0 radical (unpaired) electrons. The Morgan fingerprint density at radius 1 is 1.27 bits per heavy atom. The van der Waals surface area contributed by atoms with Crippen LogP contribution in [-0.2, 0) is 16.1 Å².